The van der Waals surface area contributed by atoms with Crippen LogP contribution in [0.25, 0.3) is 11.0 Å². The van der Waals surface area contributed by atoms with Gasteiger partial charge in [0.25, 0.3) is 5.91 Å². The van der Waals surface area contributed by atoms with Gasteiger partial charge in [-0.1, -0.05) is 12.1 Å². The predicted molar refractivity (Wildman–Crippen MR) is 105 cm³/mol. The standard InChI is InChI=1S/C20H19F3N6O/c21-20(22,23)13-4-2-12(3-5-13)15(10-29-8-1-9-29)28-19-17-16(26-11-27-19)14(18(24)30)6-7-25-17/h2-7,11,15H,1,8-10H2,(H2,24,30)(H,26,27,28)/t15-/m1/s1. The van der Waals surface area contributed by atoms with E-state index in [0.29, 0.717) is 29.0 Å². The van der Waals surface area contributed by atoms with Crippen molar-refractivity contribution in [1.82, 2.24) is 19.9 Å². The maximum absolute atomic E-state index is 12.9. The van der Waals surface area contributed by atoms with E-state index in [2.05, 4.69) is 25.2 Å². The van der Waals surface area contributed by atoms with Gasteiger partial charge in [-0.2, -0.15) is 13.2 Å². The molecule has 10 heteroatoms. The first-order valence-corrected chi connectivity index (χ1v) is 9.38. The normalized spacial score (nSPS) is 15.6. The third-order valence-electron chi connectivity index (χ3n) is 5.13. The molecule has 30 heavy (non-hydrogen) atoms. The first-order chi connectivity index (χ1) is 14.3. The fourth-order valence-electron chi connectivity index (χ4n) is 3.39. The number of carbonyl (C=O) groups excluding carboxylic acids is 1. The topological polar surface area (TPSA) is 97.0 Å². The van der Waals surface area contributed by atoms with Crippen molar-refractivity contribution < 1.29 is 18.0 Å². The highest BCUT2D eigenvalue weighted by Gasteiger charge is 2.30. The van der Waals surface area contributed by atoms with Crippen molar-refractivity contribution in [3.05, 3.63) is 59.5 Å². The van der Waals surface area contributed by atoms with Gasteiger partial charge in [0.15, 0.2) is 5.82 Å². The number of anilines is 1. The SMILES string of the molecule is NC(=O)c1ccnc2c(N[C@H](CN3CCC3)c3ccc(C(F)(F)F)cc3)ncnc12. The molecule has 1 aliphatic rings. The fraction of sp³-hybridized carbons (Fsp3) is 0.300. The molecule has 0 aliphatic carbocycles. The Balaban J connectivity index is 1.69. The number of carbonyl (C=O) groups is 1. The Morgan fingerprint density at radius 1 is 1.10 bits per heavy atom. The smallest absolute Gasteiger partial charge is 0.366 e. The predicted octanol–water partition coefficient (Wildman–Crippen LogP) is 3.00. The Kier molecular flexibility index (Phi) is 5.25. The van der Waals surface area contributed by atoms with Crippen LogP contribution in [0, 0.1) is 0 Å². The zero-order chi connectivity index (χ0) is 21.3. The Labute approximate surface area is 170 Å². The number of halogens is 3. The summed E-state index contributed by atoms with van der Waals surface area (Å²) in [6.45, 7) is 2.44. The van der Waals surface area contributed by atoms with Gasteiger partial charge in [0.05, 0.1) is 17.2 Å². The quantitative estimate of drug-likeness (QED) is 0.641. The highest BCUT2D eigenvalue weighted by Crippen LogP contribution is 2.31. The molecule has 0 saturated carbocycles. The number of fused-ring (bicyclic) bond motifs is 1. The number of rotatable bonds is 6. The maximum atomic E-state index is 12.9. The van der Waals surface area contributed by atoms with Gasteiger partial charge >= 0.3 is 6.18 Å². The molecular formula is C20H19F3N6O. The van der Waals surface area contributed by atoms with E-state index in [1.807, 2.05) is 0 Å². The summed E-state index contributed by atoms with van der Waals surface area (Å²) in [6, 6.07) is 6.22. The van der Waals surface area contributed by atoms with Gasteiger partial charge in [-0.3, -0.25) is 9.78 Å². The lowest BCUT2D eigenvalue weighted by Gasteiger charge is -2.34. The molecule has 0 spiro atoms. The summed E-state index contributed by atoms with van der Waals surface area (Å²) in [5.41, 5.74) is 6.31. The number of likely N-dealkylation sites (tertiary alicyclic amines) is 1. The van der Waals surface area contributed by atoms with Gasteiger partial charge in [0.2, 0.25) is 0 Å². The van der Waals surface area contributed by atoms with E-state index < -0.39 is 17.6 Å². The van der Waals surface area contributed by atoms with Crippen LogP contribution in [0.1, 0.15) is 33.9 Å². The first-order valence-electron chi connectivity index (χ1n) is 9.38. The van der Waals surface area contributed by atoms with Crippen LogP contribution >= 0.6 is 0 Å². The Hall–Kier alpha value is -3.27. The number of primary amides is 1. The molecule has 1 saturated heterocycles. The third-order valence-corrected chi connectivity index (χ3v) is 5.13. The van der Waals surface area contributed by atoms with Crippen molar-refractivity contribution in [3.8, 4) is 0 Å². The second kappa shape index (κ2) is 7.86. The van der Waals surface area contributed by atoms with Crippen molar-refractivity contribution in [2.24, 2.45) is 5.73 Å². The van der Waals surface area contributed by atoms with E-state index in [1.54, 1.807) is 0 Å². The number of hydrogen-bond acceptors (Lipinski definition) is 6. The number of nitrogens with zero attached hydrogens (tertiary/aromatic N) is 4. The molecule has 3 N–H and O–H groups in total. The zero-order valence-electron chi connectivity index (χ0n) is 15.9. The lowest BCUT2D eigenvalue weighted by Crippen LogP contribution is -2.41. The van der Waals surface area contributed by atoms with E-state index in [4.69, 9.17) is 5.73 Å². The molecule has 7 nitrogen and oxygen atoms in total. The van der Waals surface area contributed by atoms with E-state index in [9.17, 15) is 18.0 Å². The molecular weight excluding hydrogens is 397 g/mol. The number of nitrogens with one attached hydrogen (secondary N) is 1. The second-order valence-electron chi connectivity index (χ2n) is 7.11. The van der Waals surface area contributed by atoms with Crippen molar-refractivity contribution in [2.75, 3.05) is 25.0 Å². The van der Waals surface area contributed by atoms with Crippen LogP contribution in [-0.2, 0) is 6.18 Å². The summed E-state index contributed by atoms with van der Waals surface area (Å²) >= 11 is 0. The summed E-state index contributed by atoms with van der Waals surface area (Å²) < 4.78 is 38.8. The molecule has 1 amide bonds. The summed E-state index contributed by atoms with van der Waals surface area (Å²) in [6.07, 6.45) is -0.567. The van der Waals surface area contributed by atoms with E-state index >= 15 is 0 Å². The van der Waals surface area contributed by atoms with Gasteiger partial charge in [-0.15, -0.1) is 0 Å². The van der Waals surface area contributed by atoms with Crippen molar-refractivity contribution >= 4 is 22.8 Å². The third kappa shape index (κ3) is 4.04. The van der Waals surface area contributed by atoms with Crippen LogP contribution in [0.5, 0.6) is 0 Å². The minimum Gasteiger partial charge on any atom is -0.366 e. The number of aromatic nitrogens is 3. The lowest BCUT2D eigenvalue weighted by atomic mass is 10.0. The van der Waals surface area contributed by atoms with Crippen LogP contribution in [0.15, 0.2) is 42.9 Å². The van der Waals surface area contributed by atoms with Gasteiger partial charge in [-0.05, 0) is 43.3 Å². The minimum atomic E-state index is -4.39. The van der Waals surface area contributed by atoms with Gasteiger partial charge in [-0.25, -0.2) is 9.97 Å². The van der Waals surface area contributed by atoms with Crippen LogP contribution < -0.4 is 11.1 Å². The van der Waals surface area contributed by atoms with Crippen LogP contribution in [0.2, 0.25) is 0 Å². The molecule has 0 bridgehead atoms. The molecule has 1 aromatic carbocycles. The molecule has 4 rings (SSSR count). The second-order valence-corrected chi connectivity index (χ2v) is 7.11. The first kappa shape index (κ1) is 20.0. The molecule has 1 atom stereocenters. The number of amides is 1. The average Bonchev–Trinajstić information content (AvgIpc) is 2.68. The zero-order valence-corrected chi connectivity index (χ0v) is 15.9. The summed E-state index contributed by atoms with van der Waals surface area (Å²) in [7, 11) is 0. The van der Waals surface area contributed by atoms with Crippen LogP contribution in [0.4, 0.5) is 19.0 Å². The van der Waals surface area contributed by atoms with E-state index in [0.717, 1.165) is 31.6 Å². The molecule has 2 aromatic heterocycles. The van der Waals surface area contributed by atoms with Gasteiger partial charge < -0.3 is 16.0 Å². The number of benzene rings is 1. The fourth-order valence-corrected chi connectivity index (χ4v) is 3.39. The summed E-state index contributed by atoms with van der Waals surface area (Å²) in [5.74, 6) is -0.250. The van der Waals surface area contributed by atoms with E-state index in [-0.39, 0.29) is 11.6 Å². The summed E-state index contributed by atoms with van der Waals surface area (Å²) in [5, 5.41) is 3.27. The lowest BCUT2D eigenvalue weighted by molar-refractivity contribution is -0.137. The molecule has 0 unspecified atom stereocenters. The minimum absolute atomic E-state index is 0.222. The Morgan fingerprint density at radius 2 is 1.83 bits per heavy atom. The number of hydrogen-bond donors (Lipinski definition) is 2. The average molecular weight is 416 g/mol. The highest BCUT2D eigenvalue weighted by atomic mass is 19.4. The van der Waals surface area contributed by atoms with Gasteiger partial charge in [0.1, 0.15) is 17.4 Å². The molecule has 1 aliphatic heterocycles. The van der Waals surface area contributed by atoms with E-state index in [1.165, 1.54) is 30.7 Å². The van der Waals surface area contributed by atoms with Crippen molar-refractivity contribution in [2.45, 2.75) is 18.6 Å². The number of alkyl halides is 3. The number of pyridine rings is 1. The largest absolute Gasteiger partial charge is 0.416 e. The van der Waals surface area contributed by atoms with Crippen molar-refractivity contribution in [3.63, 3.8) is 0 Å². The number of nitrogens with two attached hydrogens (primary N) is 1. The molecule has 0 radical (unpaired) electrons. The molecule has 156 valence electrons. The van der Waals surface area contributed by atoms with Crippen LogP contribution in [0.3, 0.4) is 0 Å². The Morgan fingerprint density at radius 3 is 2.43 bits per heavy atom. The summed E-state index contributed by atoms with van der Waals surface area (Å²) in [4.78, 5) is 26.5. The van der Waals surface area contributed by atoms with Crippen molar-refractivity contribution in [1.29, 1.82) is 0 Å². The monoisotopic (exact) mass is 416 g/mol. The molecule has 3 aromatic rings. The molecule has 1 fully saturated rings. The maximum Gasteiger partial charge on any atom is 0.416 e. The van der Waals surface area contributed by atoms with Crippen LogP contribution in [-0.4, -0.2) is 45.4 Å². The Bertz CT molecular complexity index is 1070. The van der Waals surface area contributed by atoms with Gasteiger partial charge in [0, 0.05) is 12.7 Å². The molecule has 3 heterocycles. The highest BCUT2D eigenvalue weighted by molar-refractivity contribution is 6.05.